The van der Waals surface area contributed by atoms with Gasteiger partial charge in [-0.25, -0.2) is 4.68 Å². The van der Waals surface area contributed by atoms with E-state index in [0.717, 1.165) is 0 Å². The summed E-state index contributed by atoms with van der Waals surface area (Å²) in [5, 5.41) is 31.9. The van der Waals surface area contributed by atoms with Crippen LogP contribution in [0.25, 0.3) is 0 Å². The quantitative estimate of drug-likeness (QED) is 0.238. The van der Waals surface area contributed by atoms with Gasteiger partial charge < -0.3 is 15.2 Å². The van der Waals surface area contributed by atoms with E-state index in [1.807, 2.05) is 0 Å². The maximum atomic E-state index is 12.5. The molecule has 2 aromatic heterocycles. The predicted molar refractivity (Wildman–Crippen MR) is 95.5 cm³/mol. The average molecular weight is 462 g/mol. The number of fused-ring (bicyclic) bond motifs is 1. The molecule has 29 heavy (non-hydrogen) atoms. The van der Waals surface area contributed by atoms with Gasteiger partial charge in [-0.3, -0.25) is 14.5 Å². The molecule has 0 spiro atoms. The minimum atomic E-state index is -1.41. The van der Waals surface area contributed by atoms with Gasteiger partial charge >= 0.3 is 29.6 Å². The second-order valence-electron chi connectivity index (χ2n) is 5.70. The van der Waals surface area contributed by atoms with E-state index in [1.165, 1.54) is 50.8 Å². The number of β-lactam (4-membered cyclic amide) rings is 1. The Morgan fingerprint density at radius 2 is 2.21 bits per heavy atom. The summed E-state index contributed by atoms with van der Waals surface area (Å²) in [6.45, 7) is -0.138. The van der Waals surface area contributed by atoms with Gasteiger partial charge in [-0.05, 0) is 16.0 Å². The molecule has 0 unspecified atom stereocenters. The van der Waals surface area contributed by atoms with Crippen LogP contribution in [0.5, 0.6) is 0 Å². The van der Waals surface area contributed by atoms with Crippen LogP contribution in [0.1, 0.15) is 0 Å². The van der Waals surface area contributed by atoms with Crippen molar-refractivity contribution in [1.82, 2.24) is 40.6 Å². The van der Waals surface area contributed by atoms with E-state index in [4.69, 9.17) is 0 Å². The van der Waals surface area contributed by atoms with E-state index in [2.05, 4.69) is 31.0 Å². The Morgan fingerprint density at radius 1 is 1.38 bits per heavy atom. The maximum Gasteiger partial charge on any atom is 1.00 e. The van der Waals surface area contributed by atoms with Gasteiger partial charge in [0.1, 0.15) is 29.8 Å². The summed E-state index contributed by atoms with van der Waals surface area (Å²) in [6, 6.07) is -0.805. The minimum absolute atomic E-state index is 0. The zero-order valence-corrected chi connectivity index (χ0v) is 19.4. The third-order valence-electron chi connectivity index (χ3n) is 3.96. The topological polar surface area (TPSA) is 159 Å². The standard InChI is InChI=1S/C13H12N8O4S3.Na/c22-7(1-20-4-14-18-19-20)16-8-10(23)21-9(12(24)25)6(2-26-11(8)21)3-27-13-17-15-5-28-13;/h4-5,8,11H,1-3H2,(H,16,22)(H,24,25);/q;+1/p-1/t8-,11+;/m0./s1. The Kier molecular flexibility index (Phi) is 7.28. The van der Waals surface area contributed by atoms with E-state index in [9.17, 15) is 19.5 Å². The van der Waals surface area contributed by atoms with Gasteiger partial charge in [-0.1, -0.05) is 23.1 Å². The van der Waals surface area contributed by atoms with E-state index in [-0.39, 0.29) is 41.8 Å². The van der Waals surface area contributed by atoms with Crippen LogP contribution in [0.15, 0.2) is 27.4 Å². The van der Waals surface area contributed by atoms with E-state index >= 15 is 0 Å². The largest absolute Gasteiger partial charge is 1.00 e. The fourth-order valence-corrected chi connectivity index (χ4v) is 5.75. The normalized spacial score (nSPS) is 20.6. The molecule has 0 bridgehead atoms. The van der Waals surface area contributed by atoms with Crippen LogP contribution in [-0.4, -0.2) is 76.0 Å². The molecule has 2 amide bonds. The van der Waals surface area contributed by atoms with E-state index in [0.29, 0.717) is 21.4 Å². The third kappa shape index (κ3) is 4.64. The van der Waals surface area contributed by atoms with Crippen molar-refractivity contribution >= 4 is 52.6 Å². The molecule has 0 saturated carbocycles. The number of tetrazole rings is 1. The molecule has 2 aliphatic rings. The average Bonchev–Trinajstić information content (AvgIpc) is 3.37. The molecule has 0 aliphatic carbocycles. The number of carbonyl (C=O) groups is 3. The van der Waals surface area contributed by atoms with Crippen molar-refractivity contribution < 1.29 is 49.0 Å². The Bertz CT molecular complexity index is 938. The van der Waals surface area contributed by atoms with Gasteiger partial charge in [0.05, 0.1) is 11.7 Å². The van der Waals surface area contributed by atoms with Gasteiger partial charge in [0.15, 0.2) is 4.34 Å². The van der Waals surface area contributed by atoms with Gasteiger partial charge in [0.25, 0.3) is 5.91 Å². The summed E-state index contributed by atoms with van der Waals surface area (Å²) in [5.74, 6) is -1.58. The number of rotatable bonds is 7. The molecule has 0 aromatic carbocycles. The van der Waals surface area contributed by atoms with Crippen molar-refractivity contribution in [2.75, 3.05) is 11.5 Å². The predicted octanol–water partition coefficient (Wildman–Crippen LogP) is -5.28. The van der Waals surface area contributed by atoms with Crippen molar-refractivity contribution in [2.45, 2.75) is 22.3 Å². The summed E-state index contributed by atoms with van der Waals surface area (Å²) in [7, 11) is 0. The Morgan fingerprint density at radius 3 is 2.86 bits per heavy atom. The number of hydrogen-bond donors (Lipinski definition) is 1. The molecule has 2 aromatic rings. The number of carbonyl (C=O) groups excluding carboxylic acids is 3. The first-order valence-electron chi connectivity index (χ1n) is 7.81. The fourth-order valence-electron chi connectivity index (χ4n) is 2.78. The number of aromatic nitrogens is 6. The Labute approximate surface area is 198 Å². The molecule has 1 N–H and O–H groups in total. The molecule has 4 heterocycles. The van der Waals surface area contributed by atoms with Gasteiger partial charge in [0.2, 0.25) is 5.91 Å². The summed E-state index contributed by atoms with van der Waals surface area (Å²) >= 11 is 4.09. The van der Waals surface area contributed by atoms with Crippen LogP contribution in [0.3, 0.4) is 0 Å². The van der Waals surface area contributed by atoms with Crippen LogP contribution >= 0.6 is 34.9 Å². The molecule has 146 valence electrons. The van der Waals surface area contributed by atoms with E-state index in [1.54, 1.807) is 5.51 Å². The SMILES string of the molecule is O=C(Cn1cnnn1)N[C@H]1C(=O)N2C(C(=O)[O-])=C(CSc3nncs3)CS[C@H]12.[Na+]. The van der Waals surface area contributed by atoms with Crippen molar-refractivity contribution in [3.63, 3.8) is 0 Å². The number of hydrogen-bond acceptors (Lipinski definition) is 12. The second kappa shape index (κ2) is 9.53. The van der Waals surface area contributed by atoms with Crippen molar-refractivity contribution in [3.05, 3.63) is 23.1 Å². The van der Waals surface area contributed by atoms with Crippen molar-refractivity contribution in [1.29, 1.82) is 0 Å². The third-order valence-corrected chi connectivity index (χ3v) is 7.25. The van der Waals surface area contributed by atoms with Crippen LogP contribution < -0.4 is 40.0 Å². The summed E-state index contributed by atoms with van der Waals surface area (Å²) in [6.07, 6.45) is 1.28. The van der Waals surface area contributed by atoms with Crippen LogP contribution in [-0.2, 0) is 20.9 Å². The smallest absolute Gasteiger partial charge is 0.543 e. The molecular weight excluding hydrogens is 451 g/mol. The molecule has 12 nitrogen and oxygen atoms in total. The van der Waals surface area contributed by atoms with Crippen LogP contribution in [0, 0.1) is 0 Å². The Balaban J connectivity index is 0.00000240. The minimum Gasteiger partial charge on any atom is -0.543 e. The van der Waals surface area contributed by atoms with Gasteiger partial charge in [0, 0.05) is 11.5 Å². The number of thioether (sulfide) groups is 2. The fraction of sp³-hybridized carbons (Fsp3) is 0.385. The molecule has 16 heteroatoms. The van der Waals surface area contributed by atoms with Gasteiger partial charge in [-0.15, -0.1) is 27.1 Å². The number of nitrogens with one attached hydrogen (secondary N) is 1. The number of nitrogens with zero attached hydrogens (tertiary/aromatic N) is 7. The van der Waals surface area contributed by atoms with Crippen molar-refractivity contribution in [2.24, 2.45) is 0 Å². The molecule has 2 atom stereocenters. The van der Waals surface area contributed by atoms with E-state index < -0.39 is 29.2 Å². The molecular formula is C13H11N8NaO4S3. The van der Waals surface area contributed by atoms with Crippen LogP contribution in [0.4, 0.5) is 0 Å². The first kappa shape index (κ1) is 22.2. The molecule has 1 saturated heterocycles. The summed E-state index contributed by atoms with van der Waals surface area (Å²) in [4.78, 5) is 37.5. The molecule has 0 radical (unpaired) electrons. The number of amides is 2. The summed E-state index contributed by atoms with van der Waals surface area (Å²) < 4.78 is 1.93. The number of aliphatic carboxylic acids is 1. The first-order chi connectivity index (χ1) is 13.5. The number of carboxylic acids is 1. The zero-order valence-electron chi connectivity index (χ0n) is 14.9. The first-order valence-corrected chi connectivity index (χ1v) is 10.7. The van der Waals surface area contributed by atoms with Crippen LogP contribution in [0.2, 0.25) is 0 Å². The molecule has 1 fully saturated rings. The maximum absolute atomic E-state index is 12.5. The number of carboxylic acid groups (broad SMARTS) is 1. The molecule has 4 rings (SSSR count). The summed E-state index contributed by atoms with van der Waals surface area (Å²) in [5.41, 5.74) is 2.04. The monoisotopic (exact) mass is 462 g/mol. The Hall–Kier alpha value is -1.52. The molecule has 2 aliphatic heterocycles. The zero-order chi connectivity index (χ0) is 19.7. The van der Waals surface area contributed by atoms with Gasteiger partial charge in [-0.2, -0.15) is 0 Å². The second-order valence-corrected chi connectivity index (χ2v) is 8.86. The van der Waals surface area contributed by atoms with Crippen molar-refractivity contribution in [3.8, 4) is 0 Å².